The summed E-state index contributed by atoms with van der Waals surface area (Å²) in [4.78, 5) is 28.5. The second-order valence-electron chi connectivity index (χ2n) is 13.5. The van der Waals surface area contributed by atoms with Crippen molar-refractivity contribution < 1.29 is 9.59 Å². The highest BCUT2D eigenvalue weighted by Crippen LogP contribution is 2.70. The number of carbonyl (C=O) groups excluding carboxylic acids is 2. The van der Waals surface area contributed by atoms with Gasteiger partial charge in [-0.1, -0.05) is 41.5 Å². The highest BCUT2D eigenvalue weighted by molar-refractivity contribution is 6.06. The molecule has 1 saturated heterocycles. The molecule has 8 atom stereocenters. The van der Waals surface area contributed by atoms with Crippen LogP contribution in [0, 0.1) is 58.2 Å². The van der Waals surface area contributed by atoms with Crippen molar-refractivity contribution in [3.63, 3.8) is 0 Å². The number of nitrogens with zero attached hydrogens (tertiary/aromatic N) is 1. The van der Waals surface area contributed by atoms with Crippen molar-refractivity contribution in [3.05, 3.63) is 0 Å². The lowest BCUT2D eigenvalue weighted by atomic mass is 9.49. The van der Waals surface area contributed by atoms with Gasteiger partial charge in [0.15, 0.2) is 0 Å². The summed E-state index contributed by atoms with van der Waals surface area (Å²) in [5.74, 6) is 3.58. The topological polar surface area (TPSA) is 37.4 Å². The van der Waals surface area contributed by atoms with Crippen LogP contribution in [0.2, 0.25) is 0 Å². The molecule has 3 nitrogen and oxygen atoms in total. The number of rotatable bonds is 0. The Kier molecular flexibility index (Phi) is 4.27. The van der Waals surface area contributed by atoms with Crippen molar-refractivity contribution in [2.24, 2.45) is 58.2 Å². The molecule has 0 aromatic rings. The Morgan fingerprint density at radius 2 is 1.04 bits per heavy atom. The first-order chi connectivity index (χ1) is 12.7. The maximum atomic E-state index is 13.4. The maximum Gasteiger partial charge on any atom is 0.233 e. The molecule has 2 bridgehead atoms. The van der Waals surface area contributed by atoms with Crippen LogP contribution in [0.1, 0.15) is 81.6 Å². The van der Waals surface area contributed by atoms with E-state index in [0.29, 0.717) is 35.5 Å². The van der Waals surface area contributed by atoms with Gasteiger partial charge < -0.3 is 0 Å². The maximum absolute atomic E-state index is 13.4. The van der Waals surface area contributed by atoms with Crippen molar-refractivity contribution in [1.29, 1.82) is 0 Å². The van der Waals surface area contributed by atoms with E-state index in [1.54, 1.807) is 4.90 Å². The fraction of sp³-hybridized carbons (Fsp3) is 0.920. The number of carbonyl (C=O) groups is 2. The Morgan fingerprint density at radius 1 is 0.679 bits per heavy atom. The molecule has 1 aliphatic heterocycles. The lowest BCUT2D eigenvalue weighted by Gasteiger charge is -2.55. The predicted octanol–water partition coefficient (Wildman–Crippen LogP) is 5.39. The van der Waals surface area contributed by atoms with E-state index in [1.165, 1.54) is 12.8 Å². The zero-order valence-electron chi connectivity index (χ0n) is 19.5. The van der Waals surface area contributed by atoms with Gasteiger partial charge in [0.05, 0.1) is 11.8 Å². The van der Waals surface area contributed by atoms with Crippen LogP contribution in [-0.2, 0) is 9.59 Å². The molecule has 4 fully saturated rings. The first-order valence-electron chi connectivity index (χ1n) is 11.5. The monoisotopic (exact) mass is 387 g/mol. The fourth-order valence-electron chi connectivity index (χ4n) is 8.14. The van der Waals surface area contributed by atoms with Crippen molar-refractivity contribution in [2.45, 2.75) is 87.1 Å². The van der Waals surface area contributed by atoms with E-state index in [0.717, 1.165) is 6.42 Å². The molecule has 3 saturated carbocycles. The molecule has 158 valence electrons. The molecule has 0 N–H and O–H groups in total. The zero-order valence-corrected chi connectivity index (χ0v) is 19.5. The van der Waals surface area contributed by atoms with E-state index in [9.17, 15) is 9.59 Å². The molecule has 0 aromatic carbocycles. The summed E-state index contributed by atoms with van der Waals surface area (Å²) in [6, 6.07) is 0. The molecular weight excluding hydrogens is 346 g/mol. The highest BCUT2D eigenvalue weighted by Gasteiger charge is 2.71. The second-order valence-corrected chi connectivity index (χ2v) is 13.5. The highest BCUT2D eigenvalue weighted by atomic mass is 16.2. The third-order valence-electron chi connectivity index (χ3n) is 8.91. The fourth-order valence-corrected chi connectivity index (χ4v) is 8.14. The summed E-state index contributed by atoms with van der Waals surface area (Å²) in [6.45, 7) is 20.4. The number of imide groups is 1. The van der Waals surface area contributed by atoms with Gasteiger partial charge in [0.1, 0.15) is 0 Å². The normalized spacial score (nSPS) is 43.5. The second kappa shape index (κ2) is 5.85. The Balaban J connectivity index is 1.77. The van der Waals surface area contributed by atoms with Gasteiger partial charge in [0.25, 0.3) is 0 Å². The van der Waals surface area contributed by atoms with Crippen molar-refractivity contribution in [3.8, 4) is 0 Å². The van der Waals surface area contributed by atoms with Crippen LogP contribution < -0.4 is 0 Å². The number of fused-ring (bicyclic) bond motifs is 8. The van der Waals surface area contributed by atoms with Crippen LogP contribution in [0.15, 0.2) is 0 Å². The minimum absolute atomic E-state index is 0.0402. The lowest BCUT2D eigenvalue weighted by Crippen LogP contribution is -2.51. The van der Waals surface area contributed by atoms with Crippen LogP contribution in [0.3, 0.4) is 0 Å². The van der Waals surface area contributed by atoms with Crippen LogP contribution in [0.5, 0.6) is 0 Å². The molecule has 0 aromatic heterocycles. The quantitative estimate of drug-likeness (QED) is 0.523. The number of amides is 2. The molecule has 3 heteroatoms. The van der Waals surface area contributed by atoms with Gasteiger partial charge in [-0.05, 0) is 86.4 Å². The Hall–Kier alpha value is -0.860. The van der Waals surface area contributed by atoms with E-state index in [-0.39, 0.29) is 34.5 Å². The van der Waals surface area contributed by atoms with E-state index in [2.05, 4.69) is 41.5 Å². The summed E-state index contributed by atoms with van der Waals surface area (Å²) < 4.78 is 0. The first-order valence-corrected chi connectivity index (χ1v) is 11.5. The largest absolute Gasteiger partial charge is 0.277 e. The summed E-state index contributed by atoms with van der Waals surface area (Å²) in [5, 5.41) is 0. The Morgan fingerprint density at radius 3 is 1.32 bits per heavy atom. The van der Waals surface area contributed by atoms with Crippen LogP contribution in [0.4, 0.5) is 0 Å². The number of hydrogen-bond donors (Lipinski definition) is 0. The van der Waals surface area contributed by atoms with Crippen molar-refractivity contribution in [2.75, 3.05) is 0 Å². The first kappa shape index (κ1) is 20.4. The SMILES string of the molecule is CC(C)(C)C1CCC(C(C)(C)C)C2C3CC(C4C(=O)N(C(C)(C)C)C(=O)C34)C21. The lowest BCUT2D eigenvalue weighted by molar-refractivity contribution is -0.146. The van der Waals surface area contributed by atoms with Gasteiger partial charge in [-0.3, -0.25) is 14.5 Å². The van der Waals surface area contributed by atoms with E-state index >= 15 is 0 Å². The van der Waals surface area contributed by atoms with Crippen molar-refractivity contribution >= 4 is 11.8 Å². The zero-order chi connectivity index (χ0) is 21.0. The van der Waals surface area contributed by atoms with Crippen LogP contribution in [0.25, 0.3) is 0 Å². The van der Waals surface area contributed by atoms with E-state index < -0.39 is 5.54 Å². The average molecular weight is 388 g/mol. The van der Waals surface area contributed by atoms with Crippen molar-refractivity contribution in [1.82, 2.24) is 4.90 Å². The molecule has 3 aliphatic carbocycles. The minimum Gasteiger partial charge on any atom is -0.277 e. The van der Waals surface area contributed by atoms with Gasteiger partial charge in [-0.2, -0.15) is 0 Å². The molecule has 4 rings (SSSR count). The third kappa shape index (κ3) is 2.67. The summed E-state index contributed by atoms with van der Waals surface area (Å²) in [7, 11) is 0. The number of hydrogen-bond acceptors (Lipinski definition) is 2. The molecule has 0 radical (unpaired) electrons. The summed E-state index contributed by atoms with van der Waals surface area (Å²) in [6.07, 6.45) is 3.66. The molecule has 4 aliphatic rings. The standard InChI is InChI=1S/C25H41NO2/c1-23(2,3)15-10-11-16(24(4,5)6)18-14-12-13(17(15)18)19-20(14)22(28)26(21(19)27)25(7,8)9/h13-20H,10-12H2,1-9H3. The van der Waals surface area contributed by atoms with Gasteiger partial charge in [-0.15, -0.1) is 0 Å². The third-order valence-corrected chi connectivity index (χ3v) is 8.91. The van der Waals surface area contributed by atoms with Gasteiger partial charge in [-0.25, -0.2) is 0 Å². The molecular formula is C25H41NO2. The predicted molar refractivity (Wildman–Crippen MR) is 112 cm³/mol. The number of likely N-dealkylation sites (tertiary alicyclic amines) is 1. The molecule has 1 heterocycles. The van der Waals surface area contributed by atoms with Gasteiger partial charge in [0.2, 0.25) is 11.8 Å². The molecule has 28 heavy (non-hydrogen) atoms. The molecule has 0 spiro atoms. The van der Waals surface area contributed by atoms with Gasteiger partial charge >= 0.3 is 0 Å². The average Bonchev–Trinajstić information content (AvgIpc) is 3.13. The molecule has 2 amide bonds. The van der Waals surface area contributed by atoms with E-state index in [1.807, 2.05) is 20.8 Å². The Bertz CT molecular complexity index is 637. The smallest absolute Gasteiger partial charge is 0.233 e. The molecule has 8 unspecified atom stereocenters. The van der Waals surface area contributed by atoms with Gasteiger partial charge in [0, 0.05) is 5.54 Å². The van der Waals surface area contributed by atoms with Crippen LogP contribution >= 0.6 is 0 Å². The minimum atomic E-state index is -0.407. The van der Waals surface area contributed by atoms with E-state index in [4.69, 9.17) is 0 Å². The summed E-state index contributed by atoms with van der Waals surface area (Å²) >= 11 is 0. The van der Waals surface area contributed by atoms with Crippen LogP contribution in [-0.4, -0.2) is 22.3 Å². The summed E-state index contributed by atoms with van der Waals surface area (Å²) in [5.41, 5.74) is 0.123. The Labute approximate surface area is 172 Å².